The molecule has 3 rings (SSSR count). The first-order valence-corrected chi connectivity index (χ1v) is 9.87. The van der Waals surface area contributed by atoms with Crippen LogP contribution in [0.1, 0.15) is 28.4 Å². The highest BCUT2D eigenvalue weighted by Gasteiger charge is 2.05. The molecule has 0 heterocycles. The fraction of sp³-hybridized carbons (Fsp3) is 0.0909. The normalized spacial score (nSPS) is 11.2. The smallest absolute Gasteiger partial charge is 0.271 e. The van der Waals surface area contributed by atoms with Crippen molar-refractivity contribution in [1.29, 1.82) is 0 Å². The number of hydrazone groups is 1. The van der Waals surface area contributed by atoms with E-state index in [1.807, 2.05) is 67.6 Å². The number of amides is 1. The number of rotatable bonds is 6. The monoisotopic (exact) mass is 455 g/mol. The fourth-order valence-corrected chi connectivity index (χ4v) is 2.89. The van der Waals surface area contributed by atoms with E-state index < -0.39 is 0 Å². The van der Waals surface area contributed by atoms with E-state index in [0.29, 0.717) is 12.1 Å². The van der Waals surface area contributed by atoms with Gasteiger partial charge in [-0.15, -0.1) is 0 Å². The zero-order valence-corrected chi connectivity index (χ0v) is 17.6. The average Bonchev–Trinajstić information content (AvgIpc) is 2.72. The third-order valence-electron chi connectivity index (χ3n) is 4.14. The minimum absolute atomic E-state index is 0.249. The van der Waals surface area contributed by atoms with Crippen molar-refractivity contribution >= 4 is 44.8 Å². The first-order valence-electron chi connectivity index (χ1n) is 8.70. The van der Waals surface area contributed by atoms with Gasteiger partial charge in [-0.25, -0.2) is 5.43 Å². The number of nitrogens with zero attached hydrogens (tertiary/aromatic N) is 1. The molecule has 0 radical (unpaired) electrons. The van der Waals surface area contributed by atoms with Crippen molar-refractivity contribution in [2.75, 3.05) is 5.32 Å². The number of benzene rings is 3. The predicted octanol–water partition coefficient (Wildman–Crippen LogP) is 5.87. The van der Waals surface area contributed by atoms with Crippen molar-refractivity contribution in [2.45, 2.75) is 13.5 Å². The molecule has 1 amide bonds. The maximum atomic E-state index is 12.3. The van der Waals surface area contributed by atoms with Crippen LogP contribution >= 0.6 is 27.5 Å². The number of nitrogens with one attached hydrogen (secondary N) is 2. The van der Waals surface area contributed by atoms with E-state index in [9.17, 15) is 4.79 Å². The van der Waals surface area contributed by atoms with Crippen molar-refractivity contribution in [3.63, 3.8) is 0 Å². The zero-order valence-electron chi connectivity index (χ0n) is 15.2. The molecular formula is C22H19BrClN3O. The van der Waals surface area contributed by atoms with Gasteiger partial charge in [-0.3, -0.25) is 4.79 Å². The third-order valence-corrected chi connectivity index (χ3v) is 4.92. The predicted molar refractivity (Wildman–Crippen MR) is 119 cm³/mol. The van der Waals surface area contributed by atoms with Gasteiger partial charge in [0.2, 0.25) is 0 Å². The summed E-state index contributed by atoms with van der Waals surface area (Å²) in [6.45, 7) is 2.53. The Kier molecular flexibility index (Phi) is 6.85. The molecule has 3 aromatic carbocycles. The molecule has 3 aromatic rings. The molecule has 28 heavy (non-hydrogen) atoms. The minimum Gasteiger partial charge on any atom is -0.381 e. The van der Waals surface area contributed by atoms with E-state index in [1.54, 1.807) is 12.1 Å². The van der Waals surface area contributed by atoms with Gasteiger partial charge in [-0.1, -0.05) is 51.8 Å². The van der Waals surface area contributed by atoms with Crippen molar-refractivity contribution in [1.82, 2.24) is 5.43 Å². The van der Waals surface area contributed by atoms with Crippen molar-refractivity contribution < 1.29 is 4.79 Å². The summed E-state index contributed by atoms with van der Waals surface area (Å²) >= 11 is 9.29. The molecule has 0 fully saturated rings. The van der Waals surface area contributed by atoms with Crippen LogP contribution in [0.3, 0.4) is 0 Å². The van der Waals surface area contributed by atoms with Gasteiger partial charge >= 0.3 is 0 Å². The molecule has 6 heteroatoms. The van der Waals surface area contributed by atoms with Gasteiger partial charge in [0.15, 0.2) is 0 Å². The van der Waals surface area contributed by atoms with Crippen LogP contribution in [0.5, 0.6) is 0 Å². The molecule has 0 saturated carbocycles. The molecule has 142 valence electrons. The molecule has 0 bridgehead atoms. The van der Waals surface area contributed by atoms with Gasteiger partial charge in [0.1, 0.15) is 0 Å². The van der Waals surface area contributed by atoms with Crippen molar-refractivity contribution in [2.24, 2.45) is 5.10 Å². The van der Waals surface area contributed by atoms with Crippen LogP contribution < -0.4 is 10.7 Å². The van der Waals surface area contributed by atoms with E-state index in [4.69, 9.17) is 11.6 Å². The van der Waals surface area contributed by atoms with Crippen LogP contribution in [-0.2, 0) is 6.54 Å². The van der Waals surface area contributed by atoms with E-state index >= 15 is 0 Å². The Morgan fingerprint density at radius 3 is 2.18 bits per heavy atom. The molecule has 0 aliphatic rings. The molecule has 0 aliphatic heterocycles. The molecule has 0 spiro atoms. The van der Waals surface area contributed by atoms with Crippen molar-refractivity contribution in [3.05, 3.63) is 99.0 Å². The number of anilines is 1. The summed E-state index contributed by atoms with van der Waals surface area (Å²) in [6, 6.07) is 22.7. The van der Waals surface area contributed by atoms with Gasteiger partial charge in [0.25, 0.3) is 5.91 Å². The van der Waals surface area contributed by atoms with E-state index in [-0.39, 0.29) is 5.91 Å². The van der Waals surface area contributed by atoms with Crippen LogP contribution in [0.15, 0.2) is 82.4 Å². The first-order chi connectivity index (χ1) is 13.5. The molecule has 4 nitrogen and oxygen atoms in total. The summed E-state index contributed by atoms with van der Waals surface area (Å²) < 4.78 is 0.998. The lowest BCUT2D eigenvalue weighted by molar-refractivity contribution is 0.0955. The quantitative estimate of drug-likeness (QED) is 0.360. The highest BCUT2D eigenvalue weighted by atomic mass is 79.9. The molecule has 0 aliphatic carbocycles. The molecule has 0 unspecified atom stereocenters. The lowest BCUT2D eigenvalue weighted by Gasteiger charge is -2.08. The number of hydrogen-bond acceptors (Lipinski definition) is 3. The van der Waals surface area contributed by atoms with Crippen LogP contribution in [-0.4, -0.2) is 11.6 Å². The number of carbonyl (C=O) groups excluding carboxylic acids is 1. The number of halogens is 2. The average molecular weight is 457 g/mol. The van der Waals surface area contributed by atoms with Gasteiger partial charge in [-0.05, 0) is 66.6 Å². The summed E-state index contributed by atoms with van der Waals surface area (Å²) in [7, 11) is 0. The van der Waals surface area contributed by atoms with Gasteiger partial charge in [0.05, 0.1) is 5.71 Å². The third kappa shape index (κ3) is 5.68. The Morgan fingerprint density at radius 2 is 1.54 bits per heavy atom. The highest BCUT2D eigenvalue weighted by molar-refractivity contribution is 9.10. The standard InChI is InChI=1S/C22H19BrClN3O/c1-15(17-4-8-19(23)9-5-17)26-27-22(28)18-6-12-21(13-7-18)25-14-16-2-10-20(24)11-3-16/h2-13,25H,14H2,1H3,(H,27,28)/b26-15-. The highest BCUT2D eigenvalue weighted by Crippen LogP contribution is 2.14. The summed E-state index contributed by atoms with van der Waals surface area (Å²) in [4.78, 5) is 12.3. The summed E-state index contributed by atoms with van der Waals surface area (Å²) in [6.07, 6.45) is 0. The second-order valence-electron chi connectivity index (χ2n) is 6.20. The van der Waals surface area contributed by atoms with E-state index in [0.717, 1.165) is 32.0 Å². The topological polar surface area (TPSA) is 53.5 Å². The Hall–Kier alpha value is -2.63. The molecule has 2 N–H and O–H groups in total. The van der Waals surface area contributed by atoms with E-state index in [1.165, 1.54) is 0 Å². The van der Waals surface area contributed by atoms with Gasteiger partial charge in [0, 0.05) is 27.3 Å². The fourth-order valence-electron chi connectivity index (χ4n) is 2.50. The van der Waals surface area contributed by atoms with E-state index in [2.05, 4.69) is 31.8 Å². The molecule has 0 atom stereocenters. The van der Waals surface area contributed by atoms with Crippen LogP contribution in [0.2, 0.25) is 5.02 Å². The second-order valence-corrected chi connectivity index (χ2v) is 7.55. The lowest BCUT2D eigenvalue weighted by Crippen LogP contribution is -2.19. The van der Waals surface area contributed by atoms with Gasteiger partial charge < -0.3 is 5.32 Å². The summed E-state index contributed by atoms with van der Waals surface area (Å²) in [5.41, 5.74) is 6.89. The van der Waals surface area contributed by atoms with Crippen LogP contribution in [0.25, 0.3) is 0 Å². The minimum atomic E-state index is -0.249. The Bertz CT molecular complexity index is 968. The molecule has 0 saturated heterocycles. The largest absolute Gasteiger partial charge is 0.381 e. The SMILES string of the molecule is C/C(=N/NC(=O)c1ccc(NCc2ccc(Cl)cc2)cc1)c1ccc(Br)cc1. The zero-order chi connectivity index (χ0) is 19.9. The Morgan fingerprint density at radius 1 is 0.929 bits per heavy atom. The Labute approximate surface area is 177 Å². The molecule has 0 aromatic heterocycles. The van der Waals surface area contributed by atoms with Gasteiger partial charge in [-0.2, -0.15) is 5.10 Å². The number of hydrogen-bond donors (Lipinski definition) is 2. The molecular weight excluding hydrogens is 438 g/mol. The van der Waals surface area contributed by atoms with Crippen LogP contribution in [0, 0.1) is 0 Å². The lowest BCUT2D eigenvalue weighted by atomic mass is 10.1. The second kappa shape index (κ2) is 9.53. The first kappa shape index (κ1) is 20.1. The summed E-state index contributed by atoms with van der Waals surface area (Å²) in [5, 5.41) is 8.22. The van der Waals surface area contributed by atoms with Crippen molar-refractivity contribution in [3.8, 4) is 0 Å². The van der Waals surface area contributed by atoms with Crippen LogP contribution in [0.4, 0.5) is 5.69 Å². The maximum Gasteiger partial charge on any atom is 0.271 e. The number of carbonyl (C=O) groups is 1. The maximum absolute atomic E-state index is 12.3. The summed E-state index contributed by atoms with van der Waals surface area (Å²) in [5.74, 6) is -0.249. The Balaban J connectivity index is 1.56.